The third kappa shape index (κ3) is 7.30. The van der Waals surface area contributed by atoms with E-state index in [0.717, 1.165) is 5.56 Å². The molecule has 0 aliphatic heterocycles. The predicted molar refractivity (Wildman–Crippen MR) is 124 cm³/mol. The first-order valence-corrected chi connectivity index (χ1v) is 11.0. The van der Waals surface area contributed by atoms with Gasteiger partial charge in [0.1, 0.15) is 18.7 Å². The lowest BCUT2D eigenvalue weighted by Crippen LogP contribution is -2.51. The molecule has 35 heavy (non-hydrogen) atoms. The largest absolute Gasteiger partial charge is 0.488 e. The summed E-state index contributed by atoms with van der Waals surface area (Å²) in [5.41, 5.74) is 5.76. The lowest BCUT2D eigenvalue weighted by atomic mass is 10.1. The molecule has 2 atom stereocenters. The molecule has 1 unspecified atom stereocenters. The van der Waals surface area contributed by atoms with E-state index in [-0.39, 0.29) is 31.2 Å². The maximum Gasteiger partial charge on any atom is 0.240 e. The Morgan fingerprint density at radius 3 is 2.60 bits per heavy atom. The topological polar surface area (TPSA) is 141 Å². The molecule has 0 fully saturated rings. The normalized spacial score (nSPS) is 13.0. The number of nitrogens with zero attached hydrogens (tertiary/aromatic N) is 5. The van der Waals surface area contributed by atoms with E-state index in [1.807, 2.05) is 30.3 Å². The zero-order valence-electron chi connectivity index (χ0n) is 19.6. The van der Waals surface area contributed by atoms with Crippen LogP contribution in [0.1, 0.15) is 43.7 Å². The van der Waals surface area contributed by atoms with Crippen LogP contribution in [-0.4, -0.2) is 44.9 Å². The van der Waals surface area contributed by atoms with Gasteiger partial charge in [-0.1, -0.05) is 42.5 Å². The minimum Gasteiger partial charge on any atom is -0.488 e. The first-order valence-electron chi connectivity index (χ1n) is 11.0. The van der Waals surface area contributed by atoms with Crippen molar-refractivity contribution < 1.29 is 18.7 Å². The smallest absolute Gasteiger partial charge is 0.240 e. The third-order valence-electron chi connectivity index (χ3n) is 5.06. The highest BCUT2D eigenvalue weighted by Gasteiger charge is 2.30. The maximum atomic E-state index is 14.0. The van der Waals surface area contributed by atoms with E-state index < -0.39 is 29.3 Å². The van der Waals surface area contributed by atoms with Crippen molar-refractivity contribution >= 4 is 5.91 Å². The van der Waals surface area contributed by atoms with Crippen molar-refractivity contribution in [3.05, 3.63) is 71.8 Å². The highest BCUT2D eigenvalue weighted by atomic mass is 19.1. The van der Waals surface area contributed by atoms with Gasteiger partial charge in [-0.2, -0.15) is 5.26 Å². The molecule has 0 saturated carbocycles. The lowest BCUT2D eigenvalue weighted by Gasteiger charge is -2.25. The zero-order chi connectivity index (χ0) is 25.3. The van der Waals surface area contributed by atoms with Gasteiger partial charge in [0, 0.05) is 0 Å². The van der Waals surface area contributed by atoms with Crippen LogP contribution >= 0.6 is 0 Å². The maximum absolute atomic E-state index is 14.0. The van der Waals surface area contributed by atoms with Crippen LogP contribution < -0.4 is 15.8 Å². The Morgan fingerprint density at radius 1 is 1.20 bits per heavy atom. The number of carbonyl (C=O) groups is 1. The van der Waals surface area contributed by atoms with Crippen LogP contribution in [0.4, 0.5) is 4.39 Å². The molecule has 3 aromatic rings. The molecular formula is C24H28FN7O3. The highest BCUT2D eigenvalue weighted by Crippen LogP contribution is 2.22. The van der Waals surface area contributed by atoms with Gasteiger partial charge >= 0.3 is 0 Å². The van der Waals surface area contributed by atoms with Gasteiger partial charge in [0.05, 0.1) is 31.2 Å². The standard InChI is InChI=1S/C24H28FN7O3/c1-24(2,27)23(33)28-20(16-34-14-17-8-4-3-5-9-17)22-29-30-31-32(22)18(12-13-26)15-35-21-11-7-6-10-19(21)25/h3-11,18,20H,12,14-16,27H2,1-2H3,(H,28,33)/t18?,20-/m1/s1. The second-order valence-corrected chi connectivity index (χ2v) is 8.49. The van der Waals surface area contributed by atoms with Crippen molar-refractivity contribution in [2.24, 2.45) is 5.73 Å². The van der Waals surface area contributed by atoms with E-state index in [9.17, 15) is 14.4 Å². The Hall–Kier alpha value is -3.88. The van der Waals surface area contributed by atoms with Crippen molar-refractivity contribution in [3.8, 4) is 11.8 Å². The van der Waals surface area contributed by atoms with Crippen LogP contribution in [0, 0.1) is 17.1 Å². The molecule has 2 aromatic carbocycles. The SMILES string of the molecule is CC(C)(N)C(=O)N[C@H](COCc1ccccc1)c1nnnn1C(CC#N)COc1ccccc1F. The van der Waals surface area contributed by atoms with Crippen LogP contribution in [0.5, 0.6) is 5.75 Å². The number of nitriles is 1. The summed E-state index contributed by atoms with van der Waals surface area (Å²) in [5, 5.41) is 24.0. The number of halogens is 1. The third-order valence-corrected chi connectivity index (χ3v) is 5.06. The molecule has 0 spiro atoms. The molecule has 10 nitrogen and oxygen atoms in total. The fraction of sp³-hybridized carbons (Fsp3) is 0.375. The van der Waals surface area contributed by atoms with Crippen molar-refractivity contribution in [3.63, 3.8) is 0 Å². The Bertz CT molecular complexity index is 1140. The number of carbonyl (C=O) groups excluding carboxylic acids is 1. The second-order valence-electron chi connectivity index (χ2n) is 8.49. The number of hydrogen-bond acceptors (Lipinski definition) is 8. The first kappa shape index (κ1) is 25.7. The lowest BCUT2D eigenvalue weighted by molar-refractivity contribution is -0.126. The van der Waals surface area contributed by atoms with Gasteiger partial charge < -0.3 is 20.5 Å². The Labute approximate surface area is 202 Å². The number of nitrogens with one attached hydrogen (secondary N) is 1. The average molecular weight is 482 g/mol. The fourth-order valence-electron chi connectivity index (χ4n) is 3.15. The van der Waals surface area contributed by atoms with Crippen LogP contribution in [0.2, 0.25) is 0 Å². The summed E-state index contributed by atoms with van der Waals surface area (Å²) in [4.78, 5) is 12.7. The number of hydrogen-bond donors (Lipinski definition) is 2. The van der Waals surface area contributed by atoms with Gasteiger partial charge in [0.25, 0.3) is 0 Å². The monoisotopic (exact) mass is 481 g/mol. The number of amides is 1. The molecule has 0 bridgehead atoms. The summed E-state index contributed by atoms with van der Waals surface area (Å²) < 4.78 is 26.8. The van der Waals surface area contributed by atoms with Gasteiger partial charge in [-0.15, -0.1) is 5.10 Å². The molecule has 3 N–H and O–H groups in total. The minimum atomic E-state index is -1.16. The molecule has 0 radical (unpaired) electrons. The summed E-state index contributed by atoms with van der Waals surface area (Å²) >= 11 is 0. The van der Waals surface area contributed by atoms with E-state index in [2.05, 4.69) is 26.9 Å². The van der Waals surface area contributed by atoms with Crippen molar-refractivity contribution in [1.82, 2.24) is 25.5 Å². The summed E-state index contributed by atoms with van der Waals surface area (Å²) in [7, 11) is 0. The predicted octanol–water partition coefficient (Wildman–Crippen LogP) is 2.46. The summed E-state index contributed by atoms with van der Waals surface area (Å²) in [6, 6.07) is 16.2. The summed E-state index contributed by atoms with van der Waals surface area (Å²) in [5.74, 6) is -0.649. The molecular weight excluding hydrogens is 453 g/mol. The average Bonchev–Trinajstić information content (AvgIpc) is 3.31. The number of rotatable bonds is 12. The van der Waals surface area contributed by atoms with E-state index in [4.69, 9.17) is 15.2 Å². The van der Waals surface area contributed by atoms with Gasteiger partial charge in [-0.3, -0.25) is 4.79 Å². The van der Waals surface area contributed by atoms with Crippen molar-refractivity contribution in [1.29, 1.82) is 5.26 Å². The number of tetrazole rings is 1. The molecule has 11 heteroatoms. The second kappa shape index (κ2) is 12.0. The van der Waals surface area contributed by atoms with Gasteiger partial charge in [0.15, 0.2) is 17.4 Å². The molecule has 0 saturated heterocycles. The number of benzene rings is 2. The number of aromatic nitrogens is 4. The van der Waals surface area contributed by atoms with Crippen molar-refractivity contribution in [2.45, 2.75) is 44.5 Å². The van der Waals surface area contributed by atoms with Crippen LogP contribution in [0.15, 0.2) is 54.6 Å². The molecule has 0 aliphatic carbocycles. The van der Waals surface area contributed by atoms with Crippen LogP contribution in [-0.2, 0) is 16.1 Å². The molecule has 0 aliphatic rings. The summed E-state index contributed by atoms with van der Waals surface area (Å²) in [6.45, 7) is 3.44. The fourth-order valence-corrected chi connectivity index (χ4v) is 3.15. The van der Waals surface area contributed by atoms with Gasteiger partial charge in [-0.25, -0.2) is 9.07 Å². The molecule has 1 amide bonds. The number of ether oxygens (including phenoxy) is 2. The Kier molecular flexibility index (Phi) is 8.83. The van der Waals surface area contributed by atoms with Gasteiger partial charge in [0.2, 0.25) is 5.91 Å². The highest BCUT2D eigenvalue weighted by molar-refractivity contribution is 5.85. The molecule has 1 heterocycles. The molecule has 184 valence electrons. The first-order chi connectivity index (χ1) is 16.8. The van der Waals surface area contributed by atoms with Crippen LogP contribution in [0.25, 0.3) is 0 Å². The zero-order valence-corrected chi connectivity index (χ0v) is 19.6. The quantitative estimate of drug-likeness (QED) is 0.402. The van der Waals surface area contributed by atoms with Crippen molar-refractivity contribution in [2.75, 3.05) is 13.2 Å². The van der Waals surface area contributed by atoms with E-state index in [1.54, 1.807) is 26.0 Å². The number of nitrogens with two attached hydrogens (primary N) is 1. The molecule has 3 rings (SSSR count). The Balaban J connectivity index is 1.81. The summed E-state index contributed by atoms with van der Waals surface area (Å²) in [6.07, 6.45) is -0.0135. The Morgan fingerprint density at radius 2 is 1.91 bits per heavy atom. The van der Waals surface area contributed by atoms with E-state index in [0.29, 0.717) is 6.61 Å². The number of para-hydroxylation sites is 1. The molecule has 1 aromatic heterocycles. The van der Waals surface area contributed by atoms with E-state index >= 15 is 0 Å². The minimum absolute atomic E-state index is 0.0135. The van der Waals surface area contributed by atoms with E-state index in [1.165, 1.54) is 16.8 Å². The van der Waals surface area contributed by atoms with Gasteiger partial charge in [-0.05, 0) is 42.0 Å². The van der Waals surface area contributed by atoms with Crippen LogP contribution in [0.3, 0.4) is 0 Å².